The van der Waals surface area contributed by atoms with Crippen molar-refractivity contribution in [3.63, 3.8) is 0 Å². The second kappa shape index (κ2) is 7.67. The number of carbonyl (C=O) groups excluding carboxylic acids is 1. The number of amides is 1. The molecule has 1 N–H and O–H groups in total. The van der Waals surface area contributed by atoms with E-state index in [0.29, 0.717) is 24.4 Å². The van der Waals surface area contributed by atoms with Gasteiger partial charge in [-0.2, -0.15) is 0 Å². The number of nitrogens with zero attached hydrogens (tertiary/aromatic N) is 2. The van der Waals surface area contributed by atoms with Crippen LogP contribution in [0.5, 0.6) is 5.75 Å². The third-order valence-electron chi connectivity index (χ3n) is 4.89. The molecule has 6 nitrogen and oxygen atoms in total. The topological polar surface area (TPSA) is 79.7 Å². The molecule has 3 aromatic rings. The number of aromatic carboxylic acids is 1. The standard InChI is InChI=1S/C22H20N2O4S/c1-3-19-21(25)24(11-14-4-6-15(7-5-14)22(26)27)18-10-16(8-9-20(18)28-19)17-12-29-13(2)23-17/h4-10,12,19H,3,11H2,1-2H3,(H,26,27). The van der Waals surface area contributed by atoms with Crippen LogP contribution in [0.1, 0.15) is 34.3 Å². The Morgan fingerprint density at radius 1 is 1.24 bits per heavy atom. The van der Waals surface area contributed by atoms with Crippen molar-refractivity contribution in [3.8, 4) is 17.0 Å². The van der Waals surface area contributed by atoms with Crippen LogP contribution in [0.2, 0.25) is 0 Å². The summed E-state index contributed by atoms with van der Waals surface area (Å²) < 4.78 is 5.92. The fraction of sp³-hybridized carbons (Fsp3) is 0.227. The van der Waals surface area contributed by atoms with E-state index in [2.05, 4.69) is 4.98 Å². The van der Waals surface area contributed by atoms with Gasteiger partial charge >= 0.3 is 5.97 Å². The van der Waals surface area contributed by atoms with Crippen molar-refractivity contribution in [1.29, 1.82) is 0 Å². The first-order valence-corrected chi connectivity index (χ1v) is 10.2. The number of rotatable bonds is 5. The SMILES string of the molecule is CCC1Oc2ccc(-c3csc(C)n3)cc2N(Cc2ccc(C(=O)O)cc2)C1=O. The number of thiazole rings is 1. The molecular formula is C22H20N2O4S. The summed E-state index contributed by atoms with van der Waals surface area (Å²) in [5.74, 6) is -0.415. The van der Waals surface area contributed by atoms with Gasteiger partial charge in [0.05, 0.1) is 28.5 Å². The maximum Gasteiger partial charge on any atom is 0.335 e. The molecule has 0 aliphatic carbocycles. The Morgan fingerprint density at radius 3 is 2.62 bits per heavy atom. The quantitative estimate of drug-likeness (QED) is 0.671. The molecule has 0 fully saturated rings. The number of benzene rings is 2. The van der Waals surface area contributed by atoms with Crippen molar-refractivity contribution in [1.82, 2.24) is 4.98 Å². The number of carboxylic acid groups (broad SMARTS) is 1. The molecule has 29 heavy (non-hydrogen) atoms. The molecule has 1 atom stereocenters. The number of aryl methyl sites for hydroxylation is 1. The molecule has 1 unspecified atom stereocenters. The van der Waals surface area contributed by atoms with Crippen molar-refractivity contribution < 1.29 is 19.4 Å². The Kier molecular flexibility index (Phi) is 5.07. The summed E-state index contributed by atoms with van der Waals surface area (Å²) in [6.45, 7) is 4.21. The summed E-state index contributed by atoms with van der Waals surface area (Å²) in [5.41, 5.74) is 3.55. The number of hydrogen-bond acceptors (Lipinski definition) is 5. The number of carboxylic acids is 1. The summed E-state index contributed by atoms with van der Waals surface area (Å²) in [4.78, 5) is 30.4. The summed E-state index contributed by atoms with van der Waals surface area (Å²) >= 11 is 1.58. The molecule has 0 radical (unpaired) electrons. The highest BCUT2D eigenvalue weighted by Crippen LogP contribution is 2.39. The zero-order valence-electron chi connectivity index (χ0n) is 16.1. The number of ether oxygens (including phenoxy) is 1. The Labute approximate surface area is 172 Å². The van der Waals surface area contributed by atoms with Crippen LogP contribution in [0.3, 0.4) is 0 Å². The van der Waals surface area contributed by atoms with Crippen LogP contribution in [0.4, 0.5) is 5.69 Å². The van der Waals surface area contributed by atoms with Crippen LogP contribution in [0.15, 0.2) is 47.8 Å². The van der Waals surface area contributed by atoms with Crippen LogP contribution in [-0.4, -0.2) is 28.1 Å². The average Bonchev–Trinajstić information content (AvgIpc) is 3.16. The minimum atomic E-state index is -0.974. The number of fused-ring (bicyclic) bond motifs is 1. The van der Waals surface area contributed by atoms with Gasteiger partial charge in [0, 0.05) is 10.9 Å². The molecule has 0 spiro atoms. The maximum atomic E-state index is 13.0. The highest BCUT2D eigenvalue weighted by molar-refractivity contribution is 7.09. The molecule has 4 rings (SSSR count). The van der Waals surface area contributed by atoms with E-state index in [4.69, 9.17) is 9.84 Å². The van der Waals surface area contributed by atoms with E-state index in [9.17, 15) is 9.59 Å². The zero-order valence-corrected chi connectivity index (χ0v) is 16.9. The van der Waals surface area contributed by atoms with Crippen molar-refractivity contribution in [2.45, 2.75) is 32.9 Å². The summed E-state index contributed by atoms with van der Waals surface area (Å²) in [6, 6.07) is 12.3. The van der Waals surface area contributed by atoms with Crippen molar-refractivity contribution in [2.75, 3.05) is 4.90 Å². The largest absolute Gasteiger partial charge is 0.478 e. The third kappa shape index (κ3) is 3.73. The highest BCUT2D eigenvalue weighted by Gasteiger charge is 2.33. The highest BCUT2D eigenvalue weighted by atomic mass is 32.1. The molecule has 1 amide bonds. The Bertz CT molecular complexity index is 1070. The van der Waals surface area contributed by atoms with E-state index in [1.54, 1.807) is 40.5 Å². The Hall–Kier alpha value is -3.19. The monoisotopic (exact) mass is 408 g/mol. The van der Waals surface area contributed by atoms with E-state index < -0.39 is 12.1 Å². The zero-order chi connectivity index (χ0) is 20.5. The lowest BCUT2D eigenvalue weighted by Gasteiger charge is -2.34. The lowest BCUT2D eigenvalue weighted by Crippen LogP contribution is -2.45. The number of anilines is 1. The van der Waals surface area contributed by atoms with Gasteiger partial charge < -0.3 is 14.7 Å². The maximum absolute atomic E-state index is 13.0. The second-order valence-electron chi connectivity index (χ2n) is 6.88. The first-order chi connectivity index (χ1) is 14.0. The third-order valence-corrected chi connectivity index (χ3v) is 5.66. The van der Waals surface area contributed by atoms with E-state index >= 15 is 0 Å². The number of hydrogen-bond donors (Lipinski definition) is 1. The summed E-state index contributed by atoms with van der Waals surface area (Å²) in [7, 11) is 0. The molecule has 148 valence electrons. The van der Waals surface area contributed by atoms with E-state index in [1.807, 2.05) is 37.4 Å². The molecule has 0 saturated carbocycles. The van der Waals surface area contributed by atoms with Crippen LogP contribution in [0.25, 0.3) is 11.3 Å². The van der Waals surface area contributed by atoms with Gasteiger partial charge in [0.25, 0.3) is 5.91 Å². The average molecular weight is 408 g/mol. The summed E-state index contributed by atoms with van der Waals surface area (Å²) in [5, 5.41) is 12.1. The van der Waals surface area contributed by atoms with Gasteiger partial charge in [0.2, 0.25) is 0 Å². The molecule has 2 heterocycles. The van der Waals surface area contributed by atoms with E-state index in [1.165, 1.54) is 0 Å². The number of aromatic nitrogens is 1. The lowest BCUT2D eigenvalue weighted by molar-refractivity contribution is -0.126. The van der Waals surface area contributed by atoms with Crippen molar-refractivity contribution >= 4 is 28.9 Å². The smallest absolute Gasteiger partial charge is 0.335 e. The molecule has 1 aliphatic heterocycles. The van der Waals surface area contributed by atoms with E-state index in [-0.39, 0.29) is 11.5 Å². The van der Waals surface area contributed by atoms with Crippen LogP contribution >= 0.6 is 11.3 Å². The van der Waals surface area contributed by atoms with Crippen LogP contribution in [-0.2, 0) is 11.3 Å². The molecule has 1 aliphatic rings. The van der Waals surface area contributed by atoms with Gasteiger partial charge in [-0.15, -0.1) is 11.3 Å². The fourth-order valence-electron chi connectivity index (χ4n) is 3.34. The second-order valence-corrected chi connectivity index (χ2v) is 7.94. The molecule has 0 saturated heterocycles. The Morgan fingerprint density at radius 2 is 2.00 bits per heavy atom. The normalized spacial score (nSPS) is 15.7. The minimum Gasteiger partial charge on any atom is -0.478 e. The van der Waals surface area contributed by atoms with Gasteiger partial charge in [0.1, 0.15) is 5.75 Å². The fourth-order valence-corrected chi connectivity index (χ4v) is 3.96. The van der Waals surface area contributed by atoms with Crippen LogP contribution in [0, 0.1) is 6.92 Å². The first kappa shape index (κ1) is 19.1. The van der Waals surface area contributed by atoms with Gasteiger partial charge in [-0.25, -0.2) is 9.78 Å². The molecule has 7 heteroatoms. The Balaban J connectivity index is 1.72. The van der Waals surface area contributed by atoms with Gasteiger partial charge in [-0.3, -0.25) is 4.79 Å². The predicted molar refractivity (Wildman–Crippen MR) is 112 cm³/mol. The first-order valence-electron chi connectivity index (χ1n) is 9.33. The predicted octanol–water partition coefficient (Wildman–Crippen LogP) is 4.52. The van der Waals surface area contributed by atoms with E-state index in [0.717, 1.165) is 21.8 Å². The van der Waals surface area contributed by atoms with Crippen molar-refractivity contribution in [3.05, 3.63) is 64.0 Å². The van der Waals surface area contributed by atoms with Gasteiger partial charge in [-0.1, -0.05) is 19.1 Å². The van der Waals surface area contributed by atoms with Gasteiger partial charge in [-0.05, 0) is 49.2 Å². The molecule has 2 aromatic carbocycles. The van der Waals surface area contributed by atoms with Gasteiger partial charge in [0.15, 0.2) is 6.10 Å². The molecule has 1 aromatic heterocycles. The summed E-state index contributed by atoms with van der Waals surface area (Å²) in [6.07, 6.45) is 0.0351. The minimum absolute atomic E-state index is 0.103. The molecule has 0 bridgehead atoms. The number of carbonyl (C=O) groups is 2. The molecular weight excluding hydrogens is 388 g/mol. The van der Waals surface area contributed by atoms with Crippen molar-refractivity contribution in [2.24, 2.45) is 0 Å². The lowest BCUT2D eigenvalue weighted by atomic mass is 10.1. The van der Waals surface area contributed by atoms with Crippen LogP contribution < -0.4 is 9.64 Å².